The lowest BCUT2D eigenvalue weighted by Crippen LogP contribution is -2.45. The molecule has 1 rings (SSSR count). The maximum Gasteiger partial charge on any atom is 0.108 e. The van der Waals surface area contributed by atoms with E-state index in [9.17, 15) is 20.4 Å². The summed E-state index contributed by atoms with van der Waals surface area (Å²) in [6.07, 6.45) is -1.47. The summed E-state index contributed by atoms with van der Waals surface area (Å²) in [5, 5.41) is 46.4. The Morgan fingerprint density at radius 3 is 2.33 bits per heavy atom. The topological polar surface area (TPSA) is 101 Å². The van der Waals surface area contributed by atoms with Crippen molar-refractivity contribution in [2.45, 2.75) is 50.1 Å². The average Bonchev–Trinajstić information content (AvgIpc) is 2.26. The highest BCUT2D eigenvalue weighted by atomic mass is 16.4. The molecule has 0 aromatic carbocycles. The molecule has 0 amide bonds. The van der Waals surface area contributed by atoms with Crippen LogP contribution in [0.15, 0.2) is 0 Å². The minimum atomic E-state index is -1.34. The van der Waals surface area contributed by atoms with E-state index in [1.54, 1.807) is 0 Å². The van der Waals surface area contributed by atoms with Crippen LogP contribution in [-0.2, 0) is 0 Å². The second-order valence-electron chi connectivity index (χ2n) is 4.31. The third-order valence-corrected chi connectivity index (χ3v) is 3.10. The van der Waals surface area contributed by atoms with Gasteiger partial charge in [-0.3, -0.25) is 0 Å². The van der Waals surface area contributed by atoms with Gasteiger partial charge >= 0.3 is 0 Å². The maximum atomic E-state index is 9.73. The lowest BCUT2D eigenvalue weighted by atomic mass is 9.81. The van der Waals surface area contributed by atoms with Crippen LogP contribution in [0, 0.1) is 5.92 Å². The molecule has 1 aliphatic rings. The Labute approximate surface area is 89.0 Å². The van der Waals surface area contributed by atoms with Gasteiger partial charge in [0, 0.05) is 0 Å². The van der Waals surface area contributed by atoms with Crippen LogP contribution in [0.5, 0.6) is 0 Å². The molecule has 0 aromatic rings. The van der Waals surface area contributed by atoms with Crippen molar-refractivity contribution in [3.8, 4) is 0 Å². The molecule has 1 saturated carbocycles. The molecule has 0 radical (unpaired) electrons. The molecular formula is C10H20O5. The van der Waals surface area contributed by atoms with Gasteiger partial charge in [0.1, 0.15) is 12.2 Å². The van der Waals surface area contributed by atoms with Crippen LogP contribution in [0.3, 0.4) is 0 Å². The van der Waals surface area contributed by atoms with Crippen LogP contribution in [0.2, 0.25) is 0 Å². The van der Waals surface area contributed by atoms with Gasteiger partial charge in [-0.1, -0.05) is 6.42 Å². The zero-order valence-corrected chi connectivity index (χ0v) is 8.66. The van der Waals surface area contributed by atoms with Gasteiger partial charge in [-0.05, 0) is 25.2 Å². The zero-order chi connectivity index (χ0) is 11.4. The van der Waals surface area contributed by atoms with Crippen molar-refractivity contribution >= 4 is 0 Å². The molecule has 0 heterocycles. The van der Waals surface area contributed by atoms with Crippen molar-refractivity contribution in [1.29, 1.82) is 0 Å². The summed E-state index contributed by atoms with van der Waals surface area (Å²) in [6.45, 7) is -0.576. The summed E-state index contributed by atoms with van der Waals surface area (Å²) in [5.41, 5.74) is 0. The summed E-state index contributed by atoms with van der Waals surface area (Å²) < 4.78 is 0. The van der Waals surface area contributed by atoms with E-state index in [0.717, 1.165) is 19.3 Å². The molecule has 0 aromatic heterocycles. The first-order valence-corrected chi connectivity index (χ1v) is 5.39. The van der Waals surface area contributed by atoms with E-state index in [2.05, 4.69) is 0 Å². The van der Waals surface area contributed by atoms with Crippen LogP contribution < -0.4 is 0 Å². The fraction of sp³-hybridized carbons (Fsp3) is 1.00. The molecule has 15 heavy (non-hydrogen) atoms. The van der Waals surface area contributed by atoms with E-state index in [-0.39, 0.29) is 5.92 Å². The Kier molecular flexibility index (Phi) is 4.95. The van der Waals surface area contributed by atoms with Crippen molar-refractivity contribution in [3.05, 3.63) is 0 Å². The number of rotatable bonds is 4. The van der Waals surface area contributed by atoms with Crippen molar-refractivity contribution in [3.63, 3.8) is 0 Å². The Bertz CT molecular complexity index is 187. The fourth-order valence-electron chi connectivity index (χ4n) is 2.13. The predicted molar refractivity (Wildman–Crippen MR) is 53.1 cm³/mol. The van der Waals surface area contributed by atoms with Gasteiger partial charge in [0.15, 0.2) is 0 Å². The van der Waals surface area contributed by atoms with Gasteiger partial charge in [-0.15, -0.1) is 0 Å². The van der Waals surface area contributed by atoms with Gasteiger partial charge in [-0.2, -0.15) is 0 Å². The van der Waals surface area contributed by atoms with Gasteiger partial charge in [0.05, 0.1) is 18.8 Å². The van der Waals surface area contributed by atoms with Crippen LogP contribution >= 0.6 is 0 Å². The van der Waals surface area contributed by atoms with E-state index in [4.69, 9.17) is 5.11 Å². The molecule has 0 bridgehead atoms. The van der Waals surface area contributed by atoms with Gasteiger partial charge in [0.25, 0.3) is 0 Å². The minimum absolute atomic E-state index is 0.204. The maximum absolute atomic E-state index is 9.73. The van der Waals surface area contributed by atoms with Crippen LogP contribution in [-0.4, -0.2) is 56.6 Å². The molecule has 5 unspecified atom stereocenters. The Morgan fingerprint density at radius 2 is 1.80 bits per heavy atom. The smallest absolute Gasteiger partial charge is 0.108 e. The number of hydrogen-bond donors (Lipinski definition) is 5. The highest BCUT2D eigenvalue weighted by molar-refractivity contribution is 4.84. The molecule has 0 aliphatic heterocycles. The third kappa shape index (κ3) is 3.39. The molecule has 5 heteroatoms. The standard InChI is InChI=1S/C10H20O5/c11-5-8(13)10(15)9(14)6-2-1-3-7(12)4-6/h6-15H,1-5H2. The Balaban J connectivity index is 2.47. The van der Waals surface area contributed by atoms with Crippen molar-refractivity contribution in [2.75, 3.05) is 6.61 Å². The van der Waals surface area contributed by atoms with E-state index in [1.807, 2.05) is 0 Å². The lowest BCUT2D eigenvalue weighted by Gasteiger charge is -2.33. The summed E-state index contributed by atoms with van der Waals surface area (Å²) in [6, 6.07) is 0. The highest BCUT2D eigenvalue weighted by Crippen LogP contribution is 2.28. The van der Waals surface area contributed by atoms with Gasteiger partial charge < -0.3 is 25.5 Å². The molecule has 1 aliphatic carbocycles. The first kappa shape index (κ1) is 12.9. The van der Waals surface area contributed by atoms with Gasteiger partial charge in [0.2, 0.25) is 0 Å². The predicted octanol–water partition coefficient (Wildman–Crippen LogP) is -1.39. The van der Waals surface area contributed by atoms with E-state index >= 15 is 0 Å². The number of aliphatic hydroxyl groups is 5. The number of aliphatic hydroxyl groups excluding tert-OH is 5. The molecular weight excluding hydrogens is 200 g/mol. The molecule has 5 nitrogen and oxygen atoms in total. The van der Waals surface area contributed by atoms with Crippen molar-refractivity contribution in [1.82, 2.24) is 0 Å². The monoisotopic (exact) mass is 220 g/mol. The largest absolute Gasteiger partial charge is 0.394 e. The Hall–Kier alpha value is -0.200. The van der Waals surface area contributed by atoms with Crippen LogP contribution in [0.4, 0.5) is 0 Å². The van der Waals surface area contributed by atoms with E-state index < -0.39 is 31.0 Å². The lowest BCUT2D eigenvalue weighted by molar-refractivity contribution is -0.105. The highest BCUT2D eigenvalue weighted by Gasteiger charge is 2.33. The second kappa shape index (κ2) is 5.77. The summed E-state index contributed by atoms with van der Waals surface area (Å²) in [4.78, 5) is 0. The van der Waals surface area contributed by atoms with Crippen LogP contribution in [0.1, 0.15) is 25.7 Å². The molecule has 5 atom stereocenters. The third-order valence-electron chi connectivity index (χ3n) is 3.10. The quantitative estimate of drug-likeness (QED) is 0.402. The molecule has 0 saturated heterocycles. The first-order valence-electron chi connectivity index (χ1n) is 5.39. The zero-order valence-electron chi connectivity index (χ0n) is 8.66. The number of hydrogen-bond acceptors (Lipinski definition) is 5. The van der Waals surface area contributed by atoms with Crippen molar-refractivity contribution < 1.29 is 25.5 Å². The molecule has 5 N–H and O–H groups in total. The minimum Gasteiger partial charge on any atom is -0.394 e. The second-order valence-corrected chi connectivity index (χ2v) is 4.31. The van der Waals surface area contributed by atoms with Crippen molar-refractivity contribution in [2.24, 2.45) is 5.92 Å². The SMILES string of the molecule is OCC(O)C(O)C(O)C1CCCC(O)C1. The Morgan fingerprint density at radius 1 is 1.13 bits per heavy atom. The van der Waals surface area contributed by atoms with E-state index in [0.29, 0.717) is 6.42 Å². The molecule has 0 spiro atoms. The van der Waals surface area contributed by atoms with Crippen LogP contribution in [0.25, 0.3) is 0 Å². The summed E-state index contributed by atoms with van der Waals surface area (Å²) in [7, 11) is 0. The molecule has 1 fully saturated rings. The first-order chi connectivity index (χ1) is 7.06. The summed E-state index contributed by atoms with van der Waals surface area (Å²) >= 11 is 0. The molecule has 90 valence electrons. The average molecular weight is 220 g/mol. The van der Waals surface area contributed by atoms with Gasteiger partial charge in [-0.25, -0.2) is 0 Å². The van der Waals surface area contributed by atoms with E-state index in [1.165, 1.54) is 0 Å². The fourth-order valence-corrected chi connectivity index (χ4v) is 2.13. The summed E-state index contributed by atoms with van der Waals surface area (Å²) in [5.74, 6) is -0.204. The normalized spacial score (nSPS) is 33.4.